The Balaban J connectivity index is 1.03. The van der Waals surface area contributed by atoms with Crippen LogP contribution in [0.2, 0.25) is 0 Å². The zero-order valence-corrected chi connectivity index (χ0v) is 27.4. The van der Waals surface area contributed by atoms with Crippen molar-refractivity contribution in [3.8, 4) is 11.1 Å². The van der Waals surface area contributed by atoms with E-state index in [0.717, 1.165) is 56.8 Å². The summed E-state index contributed by atoms with van der Waals surface area (Å²) in [6.07, 6.45) is 34.1. The highest BCUT2D eigenvalue weighted by atomic mass is 15.1. The molecule has 5 N–H and O–H groups in total. The van der Waals surface area contributed by atoms with Gasteiger partial charge in [-0.25, -0.2) is 4.99 Å². The van der Waals surface area contributed by atoms with E-state index in [1.54, 1.807) is 0 Å². The van der Waals surface area contributed by atoms with Gasteiger partial charge in [0.1, 0.15) is 12.0 Å². The predicted octanol–water partition coefficient (Wildman–Crippen LogP) is 6.36. The first-order valence-corrected chi connectivity index (χ1v) is 17.4. The summed E-state index contributed by atoms with van der Waals surface area (Å²) in [6.45, 7) is 2.65. The number of amidine groups is 1. The zero-order chi connectivity index (χ0) is 32.3. The van der Waals surface area contributed by atoms with E-state index in [0.29, 0.717) is 30.0 Å². The van der Waals surface area contributed by atoms with Crippen LogP contribution in [0.15, 0.2) is 125 Å². The van der Waals surface area contributed by atoms with Crippen molar-refractivity contribution in [1.29, 1.82) is 5.41 Å². The number of benzene rings is 2. The quantitative estimate of drug-likeness (QED) is 0.119. The van der Waals surface area contributed by atoms with Gasteiger partial charge in [-0.15, -0.1) is 0 Å². The lowest BCUT2D eigenvalue weighted by molar-refractivity contribution is 0.538. The van der Waals surface area contributed by atoms with Crippen LogP contribution in [-0.2, 0) is 0 Å². The number of hydrogen-bond donors (Lipinski definition) is 4. The second kappa shape index (κ2) is 16.5. The van der Waals surface area contributed by atoms with Gasteiger partial charge in [0.25, 0.3) is 0 Å². The van der Waals surface area contributed by atoms with E-state index in [2.05, 4.69) is 126 Å². The highest BCUT2D eigenvalue weighted by Crippen LogP contribution is 2.50. The average molecular weight is 624 g/mol. The SMILES string of the molecule is N=CC/C=c1/cc(-c2ccccc2)cc/c1=C/CNC[C@@H]1C=CC=C(C(N)=N[C@H](NCC2[C@H]3CC=CC=C[C@@H]23)C2=CCCC=C2)CC1. The van der Waals surface area contributed by atoms with Crippen LogP contribution >= 0.6 is 0 Å². The van der Waals surface area contributed by atoms with Crippen LogP contribution in [0.1, 0.15) is 38.5 Å². The molecule has 5 atom stereocenters. The fourth-order valence-corrected chi connectivity index (χ4v) is 7.05. The number of nitrogens with zero attached hydrogens (tertiary/aromatic N) is 1. The molecular weight excluding hydrogens is 574 g/mol. The van der Waals surface area contributed by atoms with E-state index in [1.807, 2.05) is 6.07 Å². The van der Waals surface area contributed by atoms with Crippen molar-refractivity contribution in [2.45, 2.75) is 44.7 Å². The first-order valence-electron chi connectivity index (χ1n) is 17.4. The predicted molar refractivity (Wildman–Crippen MR) is 200 cm³/mol. The minimum Gasteiger partial charge on any atom is -0.384 e. The molecule has 47 heavy (non-hydrogen) atoms. The topological polar surface area (TPSA) is 86.3 Å². The first-order chi connectivity index (χ1) is 23.2. The van der Waals surface area contributed by atoms with E-state index in [-0.39, 0.29) is 6.17 Å². The van der Waals surface area contributed by atoms with Crippen LogP contribution in [0.25, 0.3) is 23.3 Å². The molecule has 0 heterocycles. The third-order valence-corrected chi connectivity index (χ3v) is 9.86. The van der Waals surface area contributed by atoms with Crippen LogP contribution in [0.5, 0.6) is 0 Å². The summed E-state index contributed by atoms with van der Waals surface area (Å²) in [5, 5.41) is 17.3. The molecule has 0 amide bonds. The Bertz CT molecular complexity index is 1720. The Kier molecular flexibility index (Phi) is 11.4. The monoisotopic (exact) mass is 623 g/mol. The molecule has 0 aliphatic heterocycles. The molecule has 1 fully saturated rings. The zero-order valence-electron chi connectivity index (χ0n) is 27.4. The van der Waals surface area contributed by atoms with E-state index in [4.69, 9.17) is 16.1 Å². The molecule has 4 aliphatic carbocycles. The number of aliphatic imine (C=N–C) groups is 1. The second-order valence-corrected chi connectivity index (χ2v) is 13.1. The number of rotatable bonds is 13. The van der Waals surface area contributed by atoms with Crippen LogP contribution in [0.4, 0.5) is 0 Å². The maximum Gasteiger partial charge on any atom is 0.127 e. The fourth-order valence-electron chi connectivity index (χ4n) is 7.05. The molecule has 2 aromatic carbocycles. The van der Waals surface area contributed by atoms with E-state index < -0.39 is 0 Å². The number of fused-ring (bicyclic) bond motifs is 1. The third-order valence-electron chi connectivity index (χ3n) is 9.86. The Hall–Kier alpha value is -4.32. The summed E-state index contributed by atoms with van der Waals surface area (Å²) in [6, 6.07) is 17.1. The van der Waals surface area contributed by atoms with Gasteiger partial charge >= 0.3 is 0 Å². The van der Waals surface area contributed by atoms with Gasteiger partial charge in [0, 0.05) is 26.1 Å². The molecule has 1 unspecified atom stereocenters. The van der Waals surface area contributed by atoms with Crippen LogP contribution in [0, 0.1) is 29.1 Å². The lowest BCUT2D eigenvalue weighted by Crippen LogP contribution is -2.34. The Morgan fingerprint density at radius 1 is 0.957 bits per heavy atom. The minimum absolute atomic E-state index is 0.111. The summed E-state index contributed by atoms with van der Waals surface area (Å²) in [4.78, 5) is 5.08. The molecule has 1 saturated carbocycles. The molecule has 242 valence electrons. The number of hydrogen-bond acceptors (Lipinski definition) is 4. The lowest BCUT2D eigenvalue weighted by Gasteiger charge is -2.20. The largest absolute Gasteiger partial charge is 0.384 e. The van der Waals surface area contributed by atoms with Crippen molar-refractivity contribution < 1.29 is 0 Å². The van der Waals surface area contributed by atoms with Gasteiger partial charge in [-0.2, -0.15) is 0 Å². The number of nitrogens with two attached hydrogens (primary N) is 1. The smallest absolute Gasteiger partial charge is 0.127 e. The van der Waals surface area contributed by atoms with Crippen molar-refractivity contribution in [2.24, 2.45) is 34.4 Å². The maximum atomic E-state index is 7.51. The molecule has 5 heteroatoms. The second-order valence-electron chi connectivity index (χ2n) is 13.1. The molecule has 4 aliphatic rings. The molecule has 0 spiro atoms. The summed E-state index contributed by atoms with van der Waals surface area (Å²) in [5.41, 5.74) is 11.5. The summed E-state index contributed by atoms with van der Waals surface area (Å²) in [5.74, 6) is 3.18. The lowest BCUT2D eigenvalue weighted by atomic mass is 10.0. The maximum absolute atomic E-state index is 7.51. The standard InChI is InChI=1S/C42H49N5/c43-26-11-18-36-28-37(32-13-4-1-5-14-32)24-23-33(36)25-27-45-29-31-12-10-17-34(22-21-31)41(44)47-42(35-15-6-2-7-16-35)46-30-40-38-19-8-3-9-20-39(38)40/h1,3-6,8-10,12-19,23-26,28,31,38-40,42-43,45-46H,2,7,11,20-22,27,29-30H2,(H2,44,47)/b33-25-,36-18-,43-26?/t31-,38-,39+,40?,42+/m1/s1. The highest BCUT2D eigenvalue weighted by molar-refractivity contribution is 5.97. The third kappa shape index (κ3) is 8.94. The normalized spacial score (nSPS) is 25.1. The van der Waals surface area contributed by atoms with Crippen LogP contribution in [0.3, 0.4) is 0 Å². The van der Waals surface area contributed by atoms with E-state index in [1.165, 1.54) is 39.8 Å². The van der Waals surface area contributed by atoms with Gasteiger partial charge in [-0.1, -0.05) is 115 Å². The molecule has 0 radical (unpaired) electrons. The number of nitrogens with one attached hydrogen (secondary N) is 3. The minimum atomic E-state index is -0.111. The van der Waals surface area contributed by atoms with Crippen molar-refractivity contribution in [3.05, 3.63) is 131 Å². The fraction of sp³-hybridized carbons (Fsp3) is 0.333. The van der Waals surface area contributed by atoms with E-state index in [9.17, 15) is 0 Å². The molecule has 0 aromatic heterocycles. The van der Waals surface area contributed by atoms with Gasteiger partial charge in [0.05, 0.1) is 0 Å². The molecule has 2 aromatic rings. The Morgan fingerprint density at radius 3 is 2.72 bits per heavy atom. The van der Waals surface area contributed by atoms with Crippen molar-refractivity contribution in [2.75, 3.05) is 19.6 Å². The molecule has 0 bridgehead atoms. The van der Waals surface area contributed by atoms with Crippen molar-refractivity contribution >= 4 is 24.2 Å². The van der Waals surface area contributed by atoms with Gasteiger partial charge in [-0.05, 0) is 101 Å². The highest BCUT2D eigenvalue weighted by Gasteiger charge is 2.47. The molecule has 0 saturated heterocycles. The molecule has 6 rings (SSSR count). The van der Waals surface area contributed by atoms with Crippen molar-refractivity contribution in [3.63, 3.8) is 0 Å². The van der Waals surface area contributed by atoms with E-state index >= 15 is 0 Å². The van der Waals surface area contributed by atoms with Gasteiger partial charge < -0.3 is 16.5 Å². The first kappa shape index (κ1) is 32.6. The molecular formula is C42H49N5. The molecule has 5 nitrogen and oxygen atoms in total. The van der Waals surface area contributed by atoms with Gasteiger partial charge in [0.15, 0.2) is 0 Å². The van der Waals surface area contributed by atoms with Gasteiger partial charge in [0.2, 0.25) is 0 Å². The average Bonchev–Trinajstić information content (AvgIpc) is 3.88. The summed E-state index contributed by atoms with van der Waals surface area (Å²) < 4.78 is 0. The van der Waals surface area contributed by atoms with Crippen LogP contribution < -0.4 is 26.8 Å². The van der Waals surface area contributed by atoms with Crippen molar-refractivity contribution in [1.82, 2.24) is 10.6 Å². The Labute approximate surface area is 280 Å². The summed E-state index contributed by atoms with van der Waals surface area (Å²) >= 11 is 0. The van der Waals surface area contributed by atoms with Gasteiger partial charge in [-0.3, -0.25) is 5.32 Å². The number of allylic oxidation sites excluding steroid dienone is 8. The Morgan fingerprint density at radius 2 is 1.87 bits per heavy atom. The summed E-state index contributed by atoms with van der Waals surface area (Å²) in [7, 11) is 0. The van der Waals surface area contributed by atoms with Crippen LogP contribution in [-0.4, -0.2) is 37.9 Å².